The van der Waals surface area contributed by atoms with Gasteiger partial charge in [-0.05, 0) is 12.1 Å². The van der Waals surface area contributed by atoms with Crippen molar-refractivity contribution in [3.8, 4) is 0 Å². The molecule has 5 nitrogen and oxygen atoms in total. The molecule has 0 fully saturated rings. The Morgan fingerprint density at radius 1 is 1.29 bits per heavy atom. The summed E-state index contributed by atoms with van der Waals surface area (Å²) in [5.74, 6) is 1.85. The van der Waals surface area contributed by atoms with Crippen LogP contribution in [-0.4, -0.2) is 35.1 Å². The van der Waals surface area contributed by atoms with Gasteiger partial charge in [0.15, 0.2) is 5.65 Å². The number of nitrogens with one attached hydrogen (secondary N) is 2. The van der Waals surface area contributed by atoms with Crippen LogP contribution in [0.25, 0.3) is 11.2 Å². The van der Waals surface area contributed by atoms with Crippen LogP contribution in [0.4, 0.5) is 5.82 Å². The van der Waals surface area contributed by atoms with Gasteiger partial charge in [0.2, 0.25) is 0 Å². The molecule has 17 heavy (non-hydrogen) atoms. The van der Waals surface area contributed by atoms with E-state index < -0.39 is 0 Å². The molecule has 5 heteroatoms. The number of imidazole rings is 1. The lowest BCUT2D eigenvalue weighted by Crippen LogP contribution is -2.22. The first-order valence-electron chi connectivity index (χ1n) is 5.82. The van der Waals surface area contributed by atoms with Gasteiger partial charge in [-0.3, -0.25) is 0 Å². The fourth-order valence-electron chi connectivity index (χ4n) is 1.57. The first kappa shape index (κ1) is 11.9. The number of H-pyrrole nitrogens is 1. The predicted molar refractivity (Wildman–Crippen MR) is 70.2 cm³/mol. The van der Waals surface area contributed by atoms with E-state index in [1.54, 1.807) is 0 Å². The van der Waals surface area contributed by atoms with Crippen molar-refractivity contribution in [2.75, 3.05) is 19.0 Å². The third kappa shape index (κ3) is 2.74. The number of aromatic amines is 1. The van der Waals surface area contributed by atoms with E-state index in [2.05, 4.69) is 34.1 Å². The van der Waals surface area contributed by atoms with Crippen LogP contribution in [0, 0.1) is 0 Å². The highest BCUT2D eigenvalue weighted by Crippen LogP contribution is 2.14. The van der Waals surface area contributed by atoms with Crippen LogP contribution in [-0.2, 0) is 6.54 Å². The van der Waals surface area contributed by atoms with Crippen LogP contribution in [0.15, 0.2) is 12.1 Å². The topological polar surface area (TPSA) is 56.8 Å². The Morgan fingerprint density at radius 3 is 2.71 bits per heavy atom. The van der Waals surface area contributed by atoms with Crippen LogP contribution >= 0.6 is 0 Å². The maximum absolute atomic E-state index is 4.48. The lowest BCUT2D eigenvalue weighted by molar-refractivity contribution is 0.576. The minimum absolute atomic E-state index is 0.452. The summed E-state index contributed by atoms with van der Waals surface area (Å²) in [5.41, 5.74) is 1.76. The molecule has 2 rings (SSSR count). The van der Waals surface area contributed by atoms with Gasteiger partial charge in [-0.25, -0.2) is 9.97 Å². The van der Waals surface area contributed by atoms with E-state index in [0.717, 1.165) is 29.4 Å². The molecule has 0 aromatic carbocycles. The minimum Gasteiger partial charge on any atom is -0.363 e. The highest BCUT2D eigenvalue weighted by molar-refractivity contribution is 5.73. The Labute approximate surface area is 101 Å². The molecule has 2 N–H and O–H groups in total. The summed E-state index contributed by atoms with van der Waals surface area (Å²) >= 11 is 0. The quantitative estimate of drug-likeness (QED) is 0.840. The monoisotopic (exact) mass is 233 g/mol. The summed E-state index contributed by atoms with van der Waals surface area (Å²) in [6.07, 6.45) is 0. The summed E-state index contributed by atoms with van der Waals surface area (Å²) in [6, 6.07) is 4.46. The van der Waals surface area contributed by atoms with Crippen molar-refractivity contribution in [2.45, 2.75) is 26.4 Å². The predicted octanol–water partition coefficient (Wildman–Crippen LogP) is 1.52. The molecule has 0 saturated heterocycles. The number of anilines is 1. The van der Waals surface area contributed by atoms with Gasteiger partial charge in [0.25, 0.3) is 0 Å². The molecule has 0 amide bonds. The number of rotatable bonds is 4. The average molecular weight is 233 g/mol. The second kappa shape index (κ2) is 4.71. The van der Waals surface area contributed by atoms with Crippen molar-refractivity contribution in [2.24, 2.45) is 0 Å². The van der Waals surface area contributed by atoms with Crippen LogP contribution in [0.1, 0.15) is 19.7 Å². The molecule has 0 radical (unpaired) electrons. The molecular weight excluding hydrogens is 214 g/mol. The molecular formula is C12H19N5. The average Bonchev–Trinajstić information content (AvgIpc) is 2.67. The molecule has 0 aliphatic rings. The molecule has 0 aliphatic carbocycles. The van der Waals surface area contributed by atoms with Crippen molar-refractivity contribution in [1.82, 2.24) is 20.3 Å². The number of hydrogen-bond acceptors (Lipinski definition) is 4. The van der Waals surface area contributed by atoms with Gasteiger partial charge >= 0.3 is 0 Å². The van der Waals surface area contributed by atoms with E-state index in [1.807, 2.05) is 31.1 Å². The Balaban J connectivity index is 2.24. The summed E-state index contributed by atoms with van der Waals surface area (Å²) in [6.45, 7) is 4.97. The fraction of sp³-hybridized carbons (Fsp3) is 0.500. The number of aromatic nitrogens is 3. The summed E-state index contributed by atoms with van der Waals surface area (Å²) < 4.78 is 0. The SMILES string of the molecule is CC(C)NCc1nc2nc(N(C)C)ccc2[nH]1. The van der Waals surface area contributed by atoms with Crippen LogP contribution in [0.2, 0.25) is 0 Å². The second-order valence-electron chi connectivity index (χ2n) is 4.65. The van der Waals surface area contributed by atoms with Gasteiger partial charge in [0.1, 0.15) is 11.6 Å². The van der Waals surface area contributed by atoms with Crippen molar-refractivity contribution < 1.29 is 0 Å². The lowest BCUT2D eigenvalue weighted by Gasteiger charge is -2.09. The van der Waals surface area contributed by atoms with E-state index in [9.17, 15) is 0 Å². The number of nitrogens with zero attached hydrogens (tertiary/aromatic N) is 3. The van der Waals surface area contributed by atoms with Gasteiger partial charge in [-0.2, -0.15) is 0 Å². The molecule has 2 aromatic heterocycles. The molecule has 0 aliphatic heterocycles. The van der Waals surface area contributed by atoms with Crippen LogP contribution in [0.3, 0.4) is 0 Å². The minimum atomic E-state index is 0.452. The molecule has 0 spiro atoms. The van der Waals surface area contributed by atoms with E-state index in [1.165, 1.54) is 0 Å². The third-order valence-corrected chi connectivity index (χ3v) is 2.52. The molecule has 0 saturated carbocycles. The first-order valence-corrected chi connectivity index (χ1v) is 5.82. The van der Waals surface area contributed by atoms with E-state index in [0.29, 0.717) is 6.04 Å². The number of pyridine rings is 1. The maximum Gasteiger partial charge on any atom is 0.179 e. The maximum atomic E-state index is 4.48. The van der Waals surface area contributed by atoms with Gasteiger partial charge in [0.05, 0.1) is 12.1 Å². The Bertz CT molecular complexity index is 501. The number of hydrogen-bond donors (Lipinski definition) is 2. The van der Waals surface area contributed by atoms with Crippen LogP contribution < -0.4 is 10.2 Å². The Morgan fingerprint density at radius 2 is 2.06 bits per heavy atom. The normalized spacial score (nSPS) is 11.4. The zero-order valence-corrected chi connectivity index (χ0v) is 10.8. The van der Waals surface area contributed by atoms with Gasteiger partial charge < -0.3 is 15.2 Å². The molecule has 0 unspecified atom stereocenters. The first-order chi connectivity index (χ1) is 8.06. The van der Waals surface area contributed by atoms with Crippen molar-refractivity contribution in [1.29, 1.82) is 0 Å². The van der Waals surface area contributed by atoms with Gasteiger partial charge in [-0.15, -0.1) is 0 Å². The zero-order valence-electron chi connectivity index (χ0n) is 10.8. The Hall–Kier alpha value is -1.62. The van der Waals surface area contributed by atoms with Gasteiger partial charge in [-0.1, -0.05) is 13.8 Å². The molecule has 0 bridgehead atoms. The molecule has 2 aromatic rings. The highest BCUT2D eigenvalue weighted by atomic mass is 15.2. The van der Waals surface area contributed by atoms with Gasteiger partial charge in [0, 0.05) is 20.1 Å². The molecule has 0 atom stereocenters. The highest BCUT2D eigenvalue weighted by Gasteiger charge is 2.06. The lowest BCUT2D eigenvalue weighted by atomic mass is 10.4. The largest absolute Gasteiger partial charge is 0.363 e. The summed E-state index contributed by atoms with van der Waals surface area (Å²) in [4.78, 5) is 14.2. The third-order valence-electron chi connectivity index (χ3n) is 2.52. The van der Waals surface area contributed by atoms with Crippen molar-refractivity contribution >= 4 is 17.0 Å². The van der Waals surface area contributed by atoms with E-state index >= 15 is 0 Å². The van der Waals surface area contributed by atoms with Crippen molar-refractivity contribution in [3.63, 3.8) is 0 Å². The smallest absolute Gasteiger partial charge is 0.179 e. The second-order valence-corrected chi connectivity index (χ2v) is 4.65. The summed E-state index contributed by atoms with van der Waals surface area (Å²) in [5, 5.41) is 3.33. The standard InChI is InChI=1S/C12H19N5/c1-8(2)13-7-10-14-9-5-6-11(17(3)4)16-12(9)15-10/h5-6,8,13H,7H2,1-4H3,(H,14,15,16). The van der Waals surface area contributed by atoms with E-state index in [4.69, 9.17) is 0 Å². The van der Waals surface area contributed by atoms with Crippen molar-refractivity contribution in [3.05, 3.63) is 18.0 Å². The number of fused-ring (bicyclic) bond motifs is 1. The zero-order chi connectivity index (χ0) is 12.4. The summed E-state index contributed by atoms with van der Waals surface area (Å²) in [7, 11) is 3.95. The molecule has 92 valence electrons. The Kier molecular flexibility index (Phi) is 3.28. The molecule has 2 heterocycles. The van der Waals surface area contributed by atoms with E-state index in [-0.39, 0.29) is 0 Å². The fourth-order valence-corrected chi connectivity index (χ4v) is 1.57. The van der Waals surface area contributed by atoms with Crippen LogP contribution in [0.5, 0.6) is 0 Å².